The molecule has 3 nitrogen and oxygen atoms in total. The minimum absolute atomic E-state index is 0.0116. The standard InChI is InChI=1S/C16H30N2O/c1-12(2)14-8-4-5-9-15(14)17-13(3)16(19)18-10-6-7-11-18/h12-15,17H,4-11H2,1-3H3. The second-order valence-electron chi connectivity index (χ2n) is 6.72. The van der Waals surface area contributed by atoms with Crippen LogP contribution in [-0.4, -0.2) is 36.0 Å². The van der Waals surface area contributed by atoms with Gasteiger partial charge in [0.25, 0.3) is 0 Å². The first kappa shape index (κ1) is 14.8. The Morgan fingerprint density at radius 3 is 2.32 bits per heavy atom. The summed E-state index contributed by atoms with van der Waals surface area (Å²) in [6.45, 7) is 8.61. The molecule has 0 spiro atoms. The fourth-order valence-electron chi connectivity index (χ4n) is 3.77. The summed E-state index contributed by atoms with van der Waals surface area (Å²) in [5.41, 5.74) is 0. The molecular weight excluding hydrogens is 236 g/mol. The molecule has 0 bridgehead atoms. The van der Waals surface area contributed by atoms with E-state index in [1.807, 2.05) is 11.8 Å². The van der Waals surface area contributed by atoms with Gasteiger partial charge in [-0.25, -0.2) is 0 Å². The predicted molar refractivity (Wildman–Crippen MR) is 79.0 cm³/mol. The number of carbonyl (C=O) groups excluding carboxylic acids is 1. The predicted octanol–water partition coefficient (Wildman–Crippen LogP) is 2.80. The van der Waals surface area contributed by atoms with E-state index in [9.17, 15) is 4.79 Å². The minimum atomic E-state index is -0.0116. The van der Waals surface area contributed by atoms with Crippen molar-refractivity contribution in [3.05, 3.63) is 0 Å². The maximum Gasteiger partial charge on any atom is 0.239 e. The molecule has 110 valence electrons. The first-order valence-electron chi connectivity index (χ1n) is 8.14. The number of amides is 1. The molecule has 0 aromatic heterocycles. The first-order chi connectivity index (χ1) is 9.09. The van der Waals surface area contributed by atoms with Crippen LogP contribution in [0.3, 0.4) is 0 Å². The highest BCUT2D eigenvalue weighted by Crippen LogP contribution is 2.30. The zero-order chi connectivity index (χ0) is 13.8. The Labute approximate surface area is 118 Å². The summed E-state index contributed by atoms with van der Waals surface area (Å²) in [4.78, 5) is 14.4. The van der Waals surface area contributed by atoms with Gasteiger partial charge in [0.1, 0.15) is 0 Å². The van der Waals surface area contributed by atoms with Crippen molar-refractivity contribution in [2.75, 3.05) is 13.1 Å². The van der Waals surface area contributed by atoms with E-state index < -0.39 is 0 Å². The van der Waals surface area contributed by atoms with Crippen molar-refractivity contribution >= 4 is 5.91 Å². The second kappa shape index (κ2) is 6.74. The molecular formula is C16H30N2O. The largest absolute Gasteiger partial charge is 0.341 e. The fourth-order valence-corrected chi connectivity index (χ4v) is 3.77. The van der Waals surface area contributed by atoms with Gasteiger partial charge in [-0.2, -0.15) is 0 Å². The summed E-state index contributed by atoms with van der Waals surface area (Å²) >= 11 is 0. The molecule has 1 saturated carbocycles. The minimum Gasteiger partial charge on any atom is -0.341 e. The molecule has 0 aromatic rings. The molecule has 0 radical (unpaired) electrons. The zero-order valence-electron chi connectivity index (χ0n) is 12.8. The number of hydrogen-bond acceptors (Lipinski definition) is 2. The van der Waals surface area contributed by atoms with Crippen LogP contribution in [0.1, 0.15) is 59.3 Å². The van der Waals surface area contributed by atoms with Crippen molar-refractivity contribution in [3.8, 4) is 0 Å². The smallest absolute Gasteiger partial charge is 0.239 e. The number of nitrogens with zero attached hydrogens (tertiary/aromatic N) is 1. The molecule has 1 aliphatic carbocycles. The van der Waals surface area contributed by atoms with E-state index in [0.29, 0.717) is 17.9 Å². The summed E-state index contributed by atoms with van der Waals surface area (Å²) in [6.07, 6.45) is 7.58. The number of nitrogens with one attached hydrogen (secondary N) is 1. The molecule has 1 aliphatic heterocycles. The van der Waals surface area contributed by atoms with Crippen molar-refractivity contribution in [1.29, 1.82) is 0 Å². The average molecular weight is 266 g/mol. The van der Waals surface area contributed by atoms with Crippen molar-refractivity contribution in [3.63, 3.8) is 0 Å². The SMILES string of the molecule is CC(NC1CCCCC1C(C)C)C(=O)N1CCCC1. The molecule has 2 aliphatic rings. The van der Waals surface area contributed by atoms with Crippen LogP contribution in [-0.2, 0) is 4.79 Å². The highest BCUT2D eigenvalue weighted by Gasteiger charge is 2.31. The van der Waals surface area contributed by atoms with E-state index in [4.69, 9.17) is 0 Å². The van der Waals surface area contributed by atoms with Gasteiger partial charge in [-0.1, -0.05) is 26.7 Å². The average Bonchev–Trinajstić information content (AvgIpc) is 2.92. The summed E-state index contributed by atoms with van der Waals surface area (Å²) < 4.78 is 0. The molecule has 1 N–H and O–H groups in total. The fraction of sp³-hybridized carbons (Fsp3) is 0.938. The number of hydrogen-bond donors (Lipinski definition) is 1. The molecule has 3 atom stereocenters. The van der Waals surface area contributed by atoms with Gasteiger partial charge < -0.3 is 10.2 Å². The molecule has 1 heterocycles. The van der Waals surface area contributed by atoms with E-state index in [1.165, 1.54) is 38.5 Å². The number of rotatable bonds is 4. The van der Waals surface area contributed by atoms with Crippen LogP contribution in [0.25, 0.3) is 0 Å². The van der Waals surface area contributed by atoms with Gasteiger partial charge in [-0.05, 0) is 44.4 Å². The molecule has 2 fully saturated rings. The van der Waals surface area contributed by atoms with Gasteiger partial charge in [0, 0.05) is 19.1 Å². The van der Waals surface area contributed by atoms with Crippen LogP contribution in [0.15, 0.2) is 0 Å². The van der Waals surface area contributed by atoms with Gasteiger partial charge in [-0.3, -0.25) is 4.79 Å². The van der Waals surface area contributed by atoms with E-state index in [2.05, 4.69) is 19.2 Å². The third-order valence-electron chi connectivity index (χ3n) is 4.93. The number of carbonyl (C=O) groups is 1. The Balaban J connectivity index is 1.88. The van der Waals surface area contributed by atoms with E-state index in [1.54, 1.807) is 0 Å². The normalized spacial score (nSPS) is 29.8. The van der Waals surface area contributed by atoms with Crippen LogP contribution < -0.4 is 5.32 Å². The Morgan fingerprint density at radius 1 is 1.05 bits per heavy atom. The summed E-state index contributed by atoms with van der Waals surface area (Å²) in [5.74, 6) is 1.76. The maximum absolute atomic E-state index is 12.4. The number of likely N-dealkylation sites (tertiary alicyclic amines) is 1. The second-order valence-corrected chi connectivity index (χ2v) is 6.72. The van der Waals surface area contributed by atoms with Gasteiger partial charge in [-0.15, -0.1) is 0 Å². The quantitative estimate of drug-likeness (QED) is 0.848. The van der Waals surface area contributed by atoms with Crippen molar-refractivity contribution < 1.29 is 4.79 Å². The molecule has 1 saturated heterocycles. The summed E-state index contributed by atoms with van der Waals surface area (Å²) in [6, 6.07) is 0.526. The Hall–Kier alpha value is -0.570. The molecule has 1 amide bonds. The van der Waals surface area contributed by atoms with Crippen molar-refractivity contribution in [1.82, 2.24) is 10.2 Å². The van der Waals surface area contributed by atoms with Crippen LogP contribution in [0, 0.1) is 11.8 Å². The van der Waals surface area contributed by atoms with Crippen LogP contribution >= 0.6 is 0 Å². The monoisotopic (exact) mass is 266 g/mol. The molecule has 3 unspecified atom stereocenters. The summed E-state index contributed by atoms with van der Waals surface area (Å²) in [5, 5.41) is 3.64. The first-order valence-corrected chi connectivity index (χ1v) is 8.14. The highest BCUT2D eigenvalue weighted by molar-refractivity contribution is 5.81. The van der Waals surface area contributed by atoms with Gasteiger partial charge in [0.05, 0.1) is 6.04 Å². The Morgan fingerprint density at radius 2 is 1.68 bits per heavy atom. The lowest BCUT2D eigenvalue weighted by Crippen LogP contribution is -2.51. The maximum atomic E-state index is 12.4. The van der Waals surface area contributed by atoms with E-state index in [-0.39, 0.29) is 6.04 Å². The Bertz CT molecular complexity index is 297. The molecule has 3 heteroatoms. The van der Waals surface area contributed by atoms with Crippen LogP contribution in [0.2, 0.25) is 0 Å². The van der Waals surface area contributed by atoms with Gasteiger partial charge >= 0.3 is 0 Å². The lowest BCUT2D eigenvalue weighted by molar-refractivity contribution is -0.132. The third-order valence-corrected chi connectivity index (χ3v) is 4.93. The van der Waals surface area contributed by atoms with Crippen LogP contribution in [0.5, 0.6) is 0 Å². The molecule has 2 rings (SSSR count). The molecule has 19 heavy (non-hydrogen) atoms. The van der Waals surface area contributed by atoms with Gasteiger partial charge in [0.15, 0.2) is 0 Å². The Kier molecular flexibility index (Phi) is 5.26. The topological polar surface area (TPSA) is 32.3 Å². The van der Waals surface area contributed by atoms with Crippen molar-refractivity contribution in [2.24, 2.45) is 11.8 Å². The summed E-state index contributed by atoms with van der Waals surface area (Å²) in [7, 11) is 0. The zero-order valence-corrected chi connectivity index (χ0v) is 12.8. The van der Waals surface area contributed by atoms with Gasteiger partial charge in [0.2, 0.25) is 5.91 Å². The lowest BCUT2D eigenvalue weighted by atomic mass is 9.77. The molecule has 0 aromatic carbocycles. The van der Waals surface area contributed by atoms with Crippen LogP contribution in [0.4, 0.5) is 0 Å². The lowest BCUT2D eigenvalue weighted by Gasteiger charge is -2.37. The van der Waals surface area contributed by atoms with E-state index in [0.717, 1.165) is 19.0 Å². The third kappa shape index (κ3) is 3.71. The van der Waals surface area contributed by atoms with E-state index >= 15 is 0 Å². The van der Waals surface area contributed by atoms with Crippen molar-refractivity contribution in [2.45, 2.75) is 71.4 Å². The highest BCUT2D eigenvalue weighted by atomic mass is 16.2.